The molecule has 9 aromatic carbocycles. The molecule has 15 rings (SSSR count). The van der Waals surface area contributed by atoms with E-state index in [9.17, 15) is 0 Å². The van der Waals surface area contributed by atoms with E-state index in [0.717, 1.165) is 11.8 Å². The average molecular weight is 822 g/mol. The van der Waals surface area contributed by atoms with Crippen molar-refractivity contribution in [2.75, 3.05) is 4.90 Å². The van der Waals surface area contributed by atoms with Crippen molar-refractivity contribution >= 4 is 38.6 Å². The topological polar surface area (TPSA) is 3.24 Å². The Hall–Kier alpha value is -6.70. The van der Waals surface area contributed by atoms with Crippen LogP contribution >= 0.6 is 0 Å². The minimum absolute atomic E-state index is 0.0781. The molecule has 1 nitrogen and oxygen atoms in total. The highest BCUT2D eigenvalue weighted by Crippen LogP contribution is 2.69. The molecule has 64 heavy (non-hydrogen) atoms. The quantitative estimate of drug-likeness (QED) is 0.156. The summed E-state index contributed by atoms with van der Waals surface area (Å²) in [6.45, 7) is 4.81. The highest BCUT2D eigenvalue weighted by Gasteiger charge is 2.61. The van der Waals surface area contributed by atoms with Crippen molar-refractivity contribution in [3.05, 3.63) is 210 Å². The van der Waals surface area contributed by atoms with Crippen molar-refractivity contribution in [2.24, 2.45) is 23.7 Å². The highest BCUT2D eigenvalue weighted by atomic mass is 15.1. The Morgan fingerprint density at radius 1 is 0.391 bits per heavy atom. The van der Waals surface area contributed by atoms with Crippen molar-refractivity contribution in [1.82, 2.24) is 0 Å². The second kappa shape index (κ2) is 13.4. The Kier molecular flexibility index (Phi) is 7.70. The summed E-state index contributed by atoms with van der Waals surface area (Å²) < 4.78 is 0. The molecule has 4 saturated carbocycles. The lowest BCUT2D eigenvalue weighted by Crippen LogP contribution is -2.55. The van der Waals surface area contributed by atoms with Gasteiger partial charge >= 0.3 is 0 Å². The minimum Gasteiger partial charge on any atom is -0.310 e. The fraction of sp³-hybridized carbons (Fsp3) is 0.206. The van der Waals surface area contributed by atoms with E-state index in [1.807, 2.05) is 0 Å². The van der Waals surface area contributed by atoms with Gasteiger partial charge in [-0.2, -0.15) is 0 Å². The van der Waals surface area contributed by atoms with Crippen LogP contribution in [-0.2, 0) is 10.8 Å². The monoisotopic (exact) mass is 821 g/mol. The Balaban J connectivity index is 0.985. The molecular weight excluding hydrogens is 771 g/mol. The van der Waals surface area contributed by atoms with E-state index in [2.05, 4.69) is 207 Å². The Morgan fingerprint density at radius 3 is 1.81 bits per heavy atom. The number of anilines is 3. The molecule has 0 unspecified atom stereocenters. The standard InChI is InChI=1S/C63H51N/c1-62(2)57-22-8-5-19-54(57)56-21-12-20-52(61(56)62)42-14-11-15-47(37-42)64(60-24-10-7-17-51(60)44-27-29-50-43(36-44)26-25-41-13-3-4-16-49(41)50)48-28-30-55-53-18-6-9-23-58(53)63(59(55)38-48)45-32-39-31-40(34-45)35-46(63)33-39/h3-30,36-40,45-46H,31-35H2,1-2H3. The molecule has 0 N–H and O–H groups in total. The van der Waals surface area contributed by atoms with Gasteiger partial charge in [0.25, 0.3) is 0 Å². The molecule has 308 valence electrons. The SMILES string of the molecule is CC1(C)c2ccccc2-c2cccc(-c3cccc(N(c4ccc5c(c4)C4(c6ccccc6-5)C5CC6CC(C5)CC4C6)c4ccccc4-c4ccc5c(ccc6ccccc65)c4)c3)c21. The van der Waals surface area contributed by atoms with Crippen LogP contribution in [0.2, 0.25) is 0 Å². The maximum absolute atomic E-state index is 2.66. The molecule has 1 heteroatoms. The second-order valence-corrected chi connectivity index (χ2v) is 20.5. The summed E-state index contributed by atoms with van der Waals surface area (Å²) in [5, 5.41) is 5.14. The maximum atomic E-state index is 2.66. The molecule has 0 saturated heterocycles. The first kappa shape index (κ1) is 36.8. The zero-order valence-electron chi connectivity index (χ0n) is 36.7. The molecular formula is C63H51N. The number of rotatable bonds is 5. The van der Waals surface area contributed by atoms with Crippen LogP contribution in [-0.4, -0.2) is 0 Å². The largest absolute Gasteiger partial charge is 0.310 e. The van der Waals surface area contributed by atoms with Gasteiger partial charge in [-0.1, -0.05) is 166 Å². The van der Waals surface area contributed by atoms with E-state index in [1.54, 1.807) is 11.1 Å². The lowest BCUT2D eigenvalue weighted by molar-refractivity contribution is -0.0399. The Labute approximate surface area is 377 Å². The van der Waals surface area contributed by atoms with Crippen LogP contribution < -0.4 is 4.90 Å². The zero-order chi connectivity index (χ0) is 42.3. The minimum atomic E-state index is -0.117. The van der Waals surface area contributed by atoms with Crippen LogP contribution in [0.1, 0.15) is 68.2 Å². The Morgan fingerprint density at radius 2 is 0.984 bits per heavy atom. The summed E-state index contributed by atoms with van der Waals surface area (Å²) in [5.41, 5.74) is 20.2. The molecule has 0 aromatic heterocycles. The van der Waals surface area contributed by atoms with Crippen LogP contribution in [0, 0.1) is 23.7 Å². The van der Waals surface area contributed by atoms with Crippen molar-refractivity contribution < 1.29 is 0 Å². The lowest BCUT2D eigenvalue weighted by atomic mass is 9.43. The smallest absolute Gasteiger partial charge is 0.0540 e. The van der Waals surface area contributed by atoms with E-state index in [4.69, 9.17) is 0 Å². The van der Waals surface area contributed by atoms with E-state index < -0.39 is 0 Å². The second-order valence-electron chi connectivity index (χ2n) is 20.5. The molecule has 4 bridgehead atoms. The Bertz CT molecular complexity index is 3370. The summed E-state index contributed by atoms with van der Waals surface area (Å²) >= 11 is 0. The summed E-state index contributed by atoms with van der Waals surface area (Å²) in [6, 6.07) is 72.1. The lowest BCUT2D eigenvalue weighted by Gasteiger charge is -2.61. The van der Waals surface area contributed by atoms with Gasteiger partial charge in [0.2, 0.25) is 0 Å². The number of para-hydroxylation sites is 1. The number of nitrogens with zero attached hydrogens (tertiary/aromatic N) is 1. The number of fused-ring (bicyclic) bond motifs is 9. The molecule has 0 heterocycles. The highest BCUT2D eigenvalue weighted by molar-refractivity contribution is 6.09. The fourth-order valence-electron chi connectivity index (χ4n) is 14.7. The average Bonchev–Trinajstić information content (AvgIpc) is 3.76. The molecule has 0 radical (unpaired) electrons. The van der Waals surface area contributed by atoms with Crippen molar-refractivity contribution in [2.45, 2.75) is 56.8 Å². The van der Waals surface area contributed by atoms with Gasteiger partial charge in [-0.05, 0) is 175 Å². The number of hydrogen-bond acceptors (Lipinski definition) is 1. The predicted octanol–water partition coefficient (Wildman–Crippen LogP) is 16.8. The number of benzene rings is 9. The molecule has 0 aliphatic heterocycles. The third-order valence-electron chi connectivity index (χ3n) is 17.0. The van der Waals surface area contributed by atoms with Crippen LogP contribution in [0.3, 0.4) is 0 Å². The predicted molar refractivity (Wildman–Crippen MR) is 268 cm³/mol. The normalized spacial score (nSPS) is 22.7. The van der Waals surface area contributed by atoms with Gasteiger partial charge in [0.1, 0.15) is 0 Å². The van der Waals surface area contributed by atoms with Gasteiger partial charge < -0.3 is 4.90 Å². The third-order valence-corrected chi connectivity index (χ3v) is 17.0. The molecule has 6 aliphatic rings. The van der Waals surface area contributed by atoms with Crippen LogP contribution in [0.25, 0.3) is 66.1 Å². The first-order valence-electron chi connectivity index (χ1n) is 23.8. The summed E-state index contributed by atoms with van der Waals surface area (Å²) in [7, 11) is 0. The molecule has 4 fully saturated rings. The van der Waals surface area contributed by atoms with E-state index in [0.29, 0.717) is 11.8 Å². The first-order chi connectivity index (χ1) is 31.4. The molecule has 1 spiro atoms. The van der Waals surface area contributed by atoms with E-state index >= 15 is 0 Å². The van der Waals surface area contributed by atoms with Gasteiger partial charge in [0.15, 0.2) is 0 Å². The first-order valence-corrected chi connectivity index (χ1v) is 23.8. The van der Waals surface area contributed by atoms with Crippen LogP contribution in [0.4, 0.5) is 17.1 Å². The number of hydrogen-bond donors (Lipinski definition) is 0. The van der Waals surface area contributed by atoms with E-state index in [1.165, 1.54) is 126 Å². The third kappa shape index (κ3) is 5.02. The summed E-state index contributed by atoms with van der Waals surface area (Å²) in [6.07, 6.45) is 6.95. The van der Waals surface area contributed by atoms with Crippen molar-refractivity contribution in [3.63, 3.8) is 0 Å². The van der Waals surface area contributed by atoms with Gasteiger partial charge in [-0.25, -0.2) is 0 Å². The summed E-state index contributed by atoms with van der Waals surface area (Å²) in [5.74, 6) is 3.20. The molecule has 9 aromatic rings. The van der Waals surface area contributed by atoms with Gasteiger partial charge in [-0.15, -0.1) is 0 Å². The van der Waals surface area contributed by atoms with E-state index in [-0.39, 0.29) is 10.8 Å². The zero-order valence-corrected chi connectivity index (χ0v) is 36.7. The molecule has 6 aliphatic carbocycles. The van der Waals surface area contributed by atoms with Gasteiger partial charge in [-0.3, -0.25) is 0 Å². The van der Waals surface area contributed by atoms with Gasteiger partial charge in [0, 0.05) is 27.8 Å². The van der Waals surface area contributed by atoms with Crippen molar-refractivity contribution in [1.29, 1.82) is 0 Å². The van der Waals surface area contributed by atoms with Gasteiger partial charge in [0.05, 0.1) is 5.69 Å². The van der Waals surface area contributed by atoms with Crippen LogP contribution in [0.15, 0.2) is 188 Å². The molecule has 0 atom stereocenters. The van der Waals surface area contributed by atoms with Crippen molar-refractivity contribution in [3.8, 4) is 44.5 Å². The molecule has 0 amide bonds. The fourth-order valence-corrected chi connectivity index (χ4v) is 14.7. The van der Waals surface area contributed by atoms with Crippen LogP contribution in [0.5, 0.6) is 0 Å². The maximum Gasteiger partial charge on any atom is 0.0540 e. The summed E-state index contributed by atoms with van der Waals surface area (Å²) in [4.78, 5) is 2.60.